The Labute approximate surface area is 342 Å². The summed E-state index contributed by atoms with van der Waals surface area (Å²) >= 11 is 0. The molecule has 1 saturated carbocycles. The number of aliphatic hydroxyl groups excluding tert-OH is 2. The summed E-state index contributed by atoms with van der Waals surface area (Å²) in [4.78, 5) is 33.5. The number of fused-ring (bicyclic) bond motifs is 2. The fourth-order valence-electron chi connectivity index (χ4n) is 8.72. The third-order valence-corrected chi connectivity index (χ3v) is 11.3. The first-order valence-electron chi connectivity index (χ1n) is 20.4. The molecule has 11 nitrogen and oxygen atoms in total. The van der Waals surface area contributed by atoms with E-state index in [0.717, 1.165) is 48.7 Å². The minimum atomic E-state index is -1.41. The number of aliphatic hydroxyl groups is 2. The molecule has 1 aliphatic heterocycles. The third-order valence-electron chi connectivity index (χ3n) is 11.3. The van der Waals surface area contributed by atoms with Gasteiger partial charge in [0.25, 0.3) is 0 Å². The number of rotatable bonds is 18. The van der Waals surface area contributed by atoms with Gasteiger partial charge in [0.05, 0.1) is 18.2 Å². The van der Waals surface area contributed by atoms with Gasteiger partial charge in [0.2, 0.25) is 5.79 Å². The number of carbonyl (C=O) groups excluding carboxylic acids is 2. The normalized spacial score (nSPS) is 24.1. The molecule has 0 bridgehead atoms. The minimum absolute atomic E-state index is 0.0425. The zero-order valence-electron chi connectivity index (χ0n) is 34.2. The van der Waals surface area contributed by atoms with Gasteiger partial charge in [-0.05, 0) is 99.8 Å². The van der Waals surface area contributed by atoms with E-state index in [4.69, 9.17) is 28.9 Å². The van der Waals surface area contributed by atoms with E-state index >= 15 is 0 Å². The van der Waals surface area contributed by atoms with Gasteiger partial charge >= 0.3 is 6.09 Å². The van der Waals surface area contributed by atoms with Crippen LogP contribution in [0.25, 0.3) is 0 Å². The summed E-state index contributed by atoms with van der Waals surface area (Å²) in [5.41, 5.74) is 3.32. The topological polar surface area (TPSA) is 136 Å². The molecule has 0 aromatic heterocycles. The van der Waals surface area contributed by atoms with Gasteiger partial charge in [0.15, 0.2) is 0 Å². The van der Waals surface area contributed by atoms with E-state index < -0.39 is 29.4 Å². The molecule has 3 aromatic rings. The van der Waals surface area contributed by atoms with Crippen LogP contribution < -0.4 is 9.47 Å². The second-order valence-corrected chi connectivity index (χ2v) is 16.4. The van der Waals surface area contributed by atoms with Crippen molar-refractivity contribution < 1.29 is 43.6 Å². The second kappa shape index (κ2) is 19.2. The van der Waals surface area contributed by atoms with Gasteiger partial charge in [-0.2, -0.15) is 0 Å². The molecule has 1 fully saturated rings. The zero-order chi connectivity index (χ0) is 41.3. The van der Waals surface area contributed by atoms with Crippen LogP contribution in [0.5, 0.6) is 17.2 Å². The molecule has 310 valence electrons. The Morgan fingerprint density at radius 3 is 2.43 bits per heavy atom. The first-order valence-corrected chi connectivity index (χ1v) is 20.4. The molecular formula is C47H58N2O9. The molecule has 0 spiro atoms. The lowest BCUT2D eigenvalue weighted by Gasteiger charge is -2.59. The number of amides is 1. The van der Waals surface area contributed by atoms with E-state index in [-0.39, 0.29) is 50.6 Å². The molecule has 11 heteroatoms. The standard InChI is InChI=1S/C47H58N2O9/c1-6-25-55-47-42(49(5)45(53)54-31-32-15-8-7-9-16-32)29-40(48-58-46(2,3)4)38-27-34(18-10-12-23-50)37(20-11-13-24-51)43(44(38)47)39-28-36(21-22-41(39)57-47)56-35-19-14-17-33(26-35)30-52/h6-9,14-17,19,21-22,26-28,30,34,37,42-44,50-51H,1,10-13,18,20,23-25,29,31H2,2-5H3/t34-,37+,42-,43+,44+,47+/m0/s1. The number of hydrogen-bond donors (Lipinski definition) is 2. The Kier molecular flexibility index (Phi) is 14.1. The largest absolute Gasteiger partial charge is 0.459 e. The second-order valence-electron chi connectivity index (χ2n) is 16.4. The van der Waals surface area contributed by atoms with Gasteiger partial charge in [0, 0.05) is 43.7 Å². The van der Waals surface area contributed by atoms with Crippen molar-refractivity contribution in [3.8, 4) is 17.2 Å². The predicted octanol–water partition coefficient (Wildman–Crippen LogP) is 8.99. The fourth-order valence-corrected chi connectivity index (χ4v) is 8.72. The lowest BCUT2D eigenvalue weighted by molar-refractivity contribution is -0.253. The molecule has 1 heterocycles. The van der Waals surface area contributed by atoms with E-state index in [9.17, 15) is 19.8 Å². The number of hydrogen-bond acceptors (Lipinski definition) is 10. The van der Waals surface area contributed by atoms with Gasteiger partial charge in [-0.15, -0.1) is 6.58 Å². The lowest BCUT2D eigenvalue weighted by Crippen LogP contribution is -2.69. The molecule has 6 rings (SSSR count). The molecule has 2 N–H and O–H groups in total. The smallest absolute Gasteiger partial charge is 0.410 e. The predicted molar refractivity (Wildman–Crippen MR) is 222 cm³/mol. The van der Waals surface area contributed by atoms with Crippen LogP contribution in [0.4, 0.5) is 4.79 Å². The van der Waals surface area contributed by atoms with Crippen molar-refractivity contribution in [2.45, 2.75) is 95.7 Å². The molecule has 0 radical (unpaired) electrons. The number of allylic oxidation sites excluding steroid dienone is 1. The number of nitrogens with zero attached hydrogens (tertiary/aromatic N) is 2. The average Bonchev–Trinajstić information content (AvgIpc) is 3.22. The highest BCUT2D eigenvalue weighted by molar-refractivity contribution is 6.03. The lowest BCUT2D eigenvalue weighted by atomic mass is 9.55. The van der Waals surface area contributed by atoms with E-state index in [0.29, 0.717) is 41.4 Å². The first-order chi connectivity index (χ1) is 28.0. The van der Waals surface area contributed by atoms with E-state index in [1.165, 1.54) is 0 Å². The molecule has 3 aliphatic rings. The van der Waals surface area contributed by atoms with Crippen LogP contribution >= 0.6 is 0 Å². The highest BCUT2D eigenvalue weighted by Crippen LogP contribution is 2.62. The van der Waals surface area contributed by atoms with E-state index in [1.54, 1.807) is 36.2 Å². The van der Waals surface area contributed by atoms with Gasteiger partial charge in [-0.25, -0.2) is 4.79 Å². The Morgan fingerprint density at radius 1 is 0.983 bits per heavy atom. The maximum atomic E-state index is 14.1. The number of benzene rings is 3. The van der Waals surface area contributed by atoms with Crippen molar-refractivity contribution in [3.63, 3.8) is 0 Å². The van der Waals surface area contributed by atoms with Crippen LogP contribution in [-0.4, -0.2) is 77.5 Å². The van der Waals surface area contributed by atoms with Crippen molar-refractivity contribution in [2.75, 3.05) is 26.9 Å². The summed E-state index contributed by atoms with van der Waals surface area (Å²) in [7, 11) is 1.71. The third kappa shape index (κ3) is 9.65. The van der Waals surface area contributed by atoms with Gasteiger partial charge < -0.3 is 38.9 Å². The molecule has 6 atom stereocenters. The molecule has 2 aliphatic carbocycles. The first kappa shape index (κ1) is 42.6. The van der Waals surface area contributed by atoms with E-state index in [1.807, 2.05) is 75.4 Å². The summed E-state index contributed by atoms with van der Waals surface area (Å²) in [6.07, 6.45) is 9.05. The summed E-state index contributed by atoms with van der Waals surface area (Å²) in [5, 5.41) is 24.6. The Hall–Kier alpha value is -4.97. The monoisotopic (exact) mass is 794 g/mol. The SMILES string of the molecule is C=CCO[C@@]12Oc3ccc(Oc4cccc(C=O)c4)cc3[C@H]3[C@H](CCCCO)[C@@H](CCCCO)C=C(C(=NOC(C)(C)C)C[C@@H]1N(C)C(=O)OCc1ccccc1)[C@H]32. The van der Waals surface area contributed by atoms with Crippen LogP contribution in [-0.2, 0) is 20.9 Å². The van der Waals surface area contributed by atoms with Gasteiger partial charge in [-0.1, -0.05) is 72.6 Å². The van der Waals surface area contributed by atoms with Crippen molar-refractivity contribution in [1.82, 2.24) is 4.90 Å². The zero-order valence-corrected chi connectivity index (χ0v) is 34.2. The Morgan fingerprint density at radius 2 is 1.72 bits per heavy atom. The quantitative estimate of drug-likeness (QED) is 0.0560. The number of likely N-dealkylation sites (N-methyl/N-ethyl adjacent to an activating group) is 1. The number of carbonyl (C=O) groups is 2. The highest BCUT2D eigenvalue weighted by Gasteiger charge is 2.65. The van der Waals surface area contributed by atoms with E-state index in [2.05, 4.69) is 12.7 Å². The highest BCUT2D eigenvalue weighted by atomic mass is 16.7. The molecular weight excluding hydrogens is 737 g/mol. The maximum absolute atomic E-state index is 14.1. The summed E-state index contributed by atoms with van der Waals surface area (Å²) in [6.45, 7) is 10.2. The van der Waals surface area contributed by atoms with Crippen molar-refractivity contribution in [2.24, 2.45) is 22.9 Å². The number of oxime groups is 1. The summed E-state index contributed by atoms with van der Waals surface area (Å²) < 4.78 is 26.5. The van der Waals surface area contributed by atoms with Crippen molar-refractivity contribution in [3.05, 3.63) is 114 Å². The van der Waals surface area contributed by atoms with Crippen LogP contribution in [0.15, 0.2) is 102 Å². The number of ether oxygens (including phenoxy) is 4. The maximum Gasteiger partial charge on any atom is 0.410 e. The summed E-state index contributed by atoms with van der Waals surface area (Å²) in [6, 6.07) is 21.6. The molecule has 0 saturated heterocycles. The number of aldehydes is 1. The van der Waals surface area contributed by atoms with Crippen molar-refractivity contribution >= 4 is 18.1 Å². The van der Waals surface area contributed by atoms with Gasteiger partial charge in [-0.3, -0.25) is 4.79 Å². The van der Waals surface area contributed by atoms with Crippen LogP contribution in [0, 0.1) is 17.8 Å². The fraction of sp³-hybridized carbons (Fsp3) is 0.468. The Bertz CT molecular complexity index is 1940. The van der Waals surface area contributed by atoms with Crippen molar-refractivity contribution in [1.29, 1.82) is 0 Å². The van der Waals surface area contributed by atoms with Crippen LogP contribution in [0.3, 0.4) is 0 Å². The Balaban J connectivity index is 1.54. The van der Waals surface area contributed by atoms with Gasteiger partial charge in [0.1, 0.15) is 41.8 Å². The average molecular weight is 795 g/mol. The summed E-state index contributed by atoms with van der Waals surface area (Å²) in [5.74, 6) is -0.304. The molecule has 1 amide bonds. The van der Waals surface area contributed by atoms with Crippen LogP contribution in [0.1, 0.15) is 93.1 Å². The van der Waals surface area contributed by atoms with Crippen LogP contribution in [0.2, 0.25) is 0 Å². The molecule has 3 aromatic carbocycles. The number of unbranched alkanes of at least 4 members (excludes halogenated alkanes) is 2. The molecule has 58 heavy (non-hydrogen) atoms. The molecule has 0 unspecified atom stereocenters. The minimum Gasteiger partial charge on any atom is -0.459 e.